The molecule has 0 bridgehead atoms. The molecule has 0 aliphatic rings. The van der Waals surface area contributed by atoms with Crippen LogP contribution in [0.5, 0.6) is 0 Å². The lowest BCUT2D eigenvalue weighted by molar-refractivity contribution is -0.250. The average molecular weight is 279 g/mol. The predicted molar refractivity (Wildman–Crippen MR) is 65.7 cm³/mol. The number of aliphatic hydroxyl groups is 1. The van der Waals surface area contributed by atoms with E-state index in [1.807, 2.05) is 13.8 Å². The smallest absolute Gasteiger partial charge is 0.380 e. The van der Waals surface area contributed by atoms with Crippen LogP contribution >= 0.6 is 0 Å². The van der Waals surface area contributed by atoms with Gasteiger partial charge in [0, 0.05) is 30.4 Å². The summed E-state index contributed by atoms with van der Waals surface area (Å²) >= 11 is 0. The molecule has 19 heavy (non-hydrogen) atoms. The molecule has 0 aliphatic heterocycles. The monoisotopic (exact) mass is 279 g/mol. The largest absolute Gasteiger partial charge is 0.418 e. The quantitative estimate of drug-likeness (QED) is 0.870. The summed E-state index contributed by atoms with van der Waals surface area (Å²) in [7, 11) is 0. The van der Waals surface area contributed by atoms with Gasteiger partial charge in [-0.15, -0.1) is 0 Å². The van der Waals surface area contributed by atoms with Crippen LogP contribution in [0.1, 0.15) is 45.3 Å². The first-order valence-corrected chi connectivity index (χ1v) is 6.11. The Morgan fingerprint density at radius 2 is 1.95 bits per heavy atom. The van der Waals surface area contributed by atoms with Crippen molar-refractivity contribution < 1.29 is 18.3 Å². The molecule has 0 amide bonds. The molecular formula is C12H20F3N3O. The van der Waals surface area contributed by atoms with Crippen LogP contribution in [-0.2, 0) is 0 Å². The zero-order valence-corrected chi connectivity index (χ0v) is 11.5. The maximum atomic E-state index is 12.5. The lowest BCUT2D eigenvalue weighted by atomic mass is 10.1. The molecule has 0 aliphatic carbocycles. The molecule has 1 aromatic rings. The van der Waals surface area contributed by atoms with Gasteiger partial charge in [-0.3, -0.25) is 4.68 Å². The third-order valence-corrected chi connectivity index (χ3v) is 3.01. The molecule has 2 atom stereocenters. The van der Waals surface area contributed by atoms with Crippen LogP contribution in [0.15, 0.2) is 12.4 Å². The van der Waals surface area contributed by atoms with Gasteiger partial charge >= 0.3 is 6.18 Å². The molecule has 110 valence electrons. The maximum absolute atomic E-state index is 12.5. The number of hydrogen-bond donors (Lipinski definition) is 2. The fourth-order valence-corrected chi connectivity index (χ4v) is 1.43. The van der Waals surface area contributed by atoms with E-state index in [2.05, 4.69) is 10.4 Å². The highest BCUT2D eigenvalue weighted by molar-refractivity contribution is 5.10. The van der Waals surface area contributed by atoms with Crippen molar-refractivity contribution in [3.8, 4) is 0 Å². The third-order valence-electron chi connectivity index (χ3n) is 3.01. The van der Waals surface area contributed by atoms with Gasteiger partial charge in [0.05, 0.1) is 6.20 Å². The van der Waals surface area contributed by atoms with Crippen molar-refractivity contribution in [3.63, 3.8) is 0 Å². The Bertz CT molecular complexity index is 413. The second kappa shape index (κ2) is 5.50. The van der Waals surface area contributed by atoms with E-state index in [9.17, 15) is 18.3 Å². The average Bonchev–Trinajstić information content (AvgIpc) is 2.73. The zero-order chi connectivity index (χ0) is 14.8. The molecule has 0 fully saturated rings. The maximum Gasteiger partial charge on any atom is 0.418 e. The van der Waals surface area contributed by atoms with Gasteiger partial charge in [0.2, 0.25) is 0 Å². The Balaban J connectivity index is 2.62. The van der Waals surface area contributed by atoms with Crippen LogP contribution in [0.25, 0.3) is 0 Å². The Morgan fingerprint density at radius 3 is 2.37 bits per heavy atom. The van der Waals surface area contributed by atoms with Gasteiger partial charge < -0.3 is 10.4 Å². The Hall–Kier alpha value is -1.08. The van der Waals surface area contributed by atoms with Crippen LogP contribution in [0.3, 0.4) is 0 Å². The first-order valence-electron chi connectivity index (χ1n) is 6.11. The minimum absolute atomic E-state index is 0.194. The standard InChI is InChI=1S/C12H20F3N3O/c1-8(2)18-6-10(5-17-18)9(3)16-7-11(4,19)12(13,14)15/h5-6,8-9,16,19H,7H2,1-4H3. The number of hydrogen-bond acceptors (Lipinski definition) is 3. The van der Waals surface area contributed by atoms with Crippen molar-refractivity contribution in [2.75, 3.05) is 6.54 Å². The second-order valence-corrected chi connectivity index (χ2v) is 5.22. The van der Waals surface area contributed by atoms with E-state index in [1.165, 1.54) is 0 Å². The fraction of sp³-hybridized carbons (Fsp3) is 0.750. The van der Waals surface area contributed by atoms with Crippen LogP contribution in [0.2, 0.25) is 0 Å². The molecule has 0 spiro atoms. The molecule has 0 saturated heterocycles. The lowest BCUT2D eigenvalue weighted by Crippen LogP contribution is -2.50. The summed E-state index contributed by atoms with van der Waals surface area (Å²) in [6.45, 7) is 5.84. The summed E-state index contributed by atoms with van der Waals surface area (Å²) in [6, 6.07) is -0.124. The van der Waals surface area contributed by atoms with Crippen LogP contribution in [0.4, 0.5) is 13.2 Å². The Kier molecular flexibility index (Phi) is 4.63. The van der Waals surface area contributed by atoms with Crippen LogP contribution in [0, 0.1) is 0 Å². The van der Waals surface area contributed by atoms with Crippen molar-refractivity contribution in [2.45, 2.75) is 51.6 Å². The summed E-state index contributed by atoms with van der Waals surface area (Å²) in [5, 5.41) is 16.1. The van der Waals surface area contributed by atoms with E-state index < -0.39 is 18.3 Å². The van der Waals surface area contributed by atoms with E-state index >= 15 is 0 Å². The highest BCUT2D eigenvalue weighted by atomic mass is 19.4. The summed E-state index contributed by atoms with van der Waals surface area (Å²) in [5.74, 6) is 0. The fourth-order valence-electron chi connectivity index (χ4n) is 1.43. The normalized spacial score (nSPS) is 17.5. The van der Waals surface area contributed by atoms with Crippen molar-refractivity contribution in [1.29, 1.82) is 0 Å². The van der Waals surface area contributed by atoms with E-state index in [0.29, 0.717) is 0 Å². The summed E-state index contributed by atoms with van der Waals surface area (Å²) in [4.78, 5) is 0. The second-order valence-electron chi connectivity index (χ2n) is 5.22. The van der Waals surface area contributed by atoms with E-state index in [0.717, 1.165) is 12.5 Å². The van der Waals surface area contributed by atoms with E-state index in [4.69, 9.17) is 0 Å². The number of alkyl halides is 3. The van der Waals surface area contributed by atoms with Crippen LogP contribution < -0.4 is 5.32 Å². The highest BCUT2D eigenvalue weighted by Crippen LogP contribution is 2.29. The molecule has 1 rings (SSSR count). The molecular weight excluding hydrogens is 259 g/mol. The molecule has 1 aromatic heterocycles. The van der Waals surface area contributed by atoms with Crippen molar-refractivity contribution in [2.24, 2.45) is 0 Å². The minimum Gasteiger partial charge on any atom is -0.380 e. The number of rotatable bonds is 5. The van der Waals surface area contributed by atoms with Gasteiger partial charge in [0.15, 0.2) is 5.60 Å². The number of aromatic nitrogens is 2. The molecule has 4 nitrogen and oxygen atoms in total. The SMILES string of the molecule is CC(NCC(C)(O)C(F)(F)F)c1cnn(C(C)C)c1. The van der Waals surface area contributed by atoms with E-state index in [-0.39, 0.29) is 12.1 Å². The van der Waals surface area contributed by atoms with Gasteiger partial charge in [0.1, 0.15) is 0 Å². The highest BCUT2D eigenvalue weighted by Gasteiger charge is 2.49. The van der Waals surface area contributed by atoms with Crippen molar-refractivity contribution >= 4 is 0 Å². The topological polar surface area (TPSA) is 50.1 Å². The Labute approximate surface area is 110 Å². The molecule has 0 saturated carbocycles. The molecule has 2 N–H and O–H groups in total. The minimum atomic E-state index is -4.65. The van der Waals surface area contributed by atoms with Crippen LogP contribution in [-0.4, -0.2) is 33.2 Å². The predicted octanol–water partition coefficient (Wildman–Crippen LogP) is 2.43. The summed E-state index contributed by atoms with van der Waals surface area (Å²) in [5.41, 5.74) is -1.96. The molecule has 0 aromatic carbocycles. The third kappa shape index (κ3) is 3.94. The Morgan fingerprint density at radius 1 is 1.37 bits per heavy atom. The zero-order valence-electron chi connectivity index (χ0n) is 11.5. The number of nitrogens with one attached hydrogen (secondary N) is 1. The summed E-state index contributed by atoms with van der Waals surface area (Å²) in [6.07, 6.45) is -1.26. The van der Waals surface area contributed by atoms with Gasteiger partial charge in [0.25, 0.3) is 0 Å². The first kappa shape index (κ1) is 16.0. The first-order chi connectivity index (χ1) is 8.54. The van der Waals surface area contributed by atoms with E-state index in [1.54, 1.807) is 24.0 Å². The van der Waals surface area contributed by atoms with Crippen molar-refractivity contribution in [1.82, 2.24) is 15.1 Å². The van der Waals surface area contributed by atoms with Crippen molar-refractivity contribution in [3.05, 3.63) is 18.0 Å². The molecule has 0 radical (unpaired) electrons. The van der Waals surface area contributed by atoms with Gasteiger partial charge in [-0.25, -0.2) is 0 Å². The molecule has 2 unspecified atom stereocenters. The lowest BCUT2D eigenvalue weighted by Gasteiger charge is -2.28. The van der Waals surface area contributed by atoms with Gasteiger partial charge in [-0.2, -0.15) is 18.3 Å². The molecule has 1 heterocycles. The summed E-state index contributed by atoms with van der Waals surface area (Å²) < 4.78 is 39.2. The van der Waals surface area contributed by atoms with Gasteiger partial charge in [-0.05, 0) is 27.7 Å². The molecule has 7 heteroatoms. The van der Waals surface area contributed by atoms with Gasteiger partial charge in [-0.1, -0.05) is 0 Å². The number of nitrogens with zero attached hydrogens (tertiary/aromatic N) is 2. The number of halogens is 3.